The molecule has 78 valence electrons. The van der Waals surface area contributed by atoms with Gasteiger partial charge in [-0.05, 0) is 44.7 Å². The molecular weight excluding hydrogens is 160 g/mol. The molecule has 2 unspecified atom stereocenters. The monoisotopic (exact) mass is 184 g/mol. The highest BCUT2D eigenvalue weighted by Gasteiger charge is 2.24. The second kappa shape index (κ2) is 4.97. The van der Waals surface area contributed by atoms with Gasteiger partial charge in [0.1, 0.15) is 0 Å². The van der Waals surface area contributed by atoms with E-state index in [1.54, 1.807) is 0 Å². The molecule has 0 aromatic carbocycles. The van der Waals surface area contributed by atoms with Crippen LogP contribution in [-0.4, -0.2) is 30.6 Å². The first-order valence-electron chi connectivity index (χ1n) is 5.57. The predicted octanol–water partition coefficient (Wildman–Crippen LogP) is 1.70. The van der Waals surface area contributed by atoms with E-state index in [9.17, 15) is 0 Å². The summed E-state index contributed by atoms with van der Waals surface area (Å²) in [5, 5.41) is 0. The van der Waals surface area contributed by atoms with Crippen LogP contribution in [-0.2, 0) is 0 Å². The third-order valence-corrected chi connectivity index (χ3v) is 3.09. The maximum Gasteiger partial charge on any atom is 0.00694 e. The van der Waals surface area contributed by atoms with Gasteiger partial charge in [0.15, 0.2) is 0 Å². The van der Waals surface area contributed by atoms with Crippen LogP contribution in [0.1, 0.15) is 33.6 Å². The lowest BCUT2D eigenvalue weighted by Gasteiger charge is -2.25. The largest absolute Gasteiger partial charge is 0.330 e. The minimum Gasteiger partial charge on any atom is -0.330 e. The van der Waals surface area contributed by atoms with Crippen molar-refractivity contribution >= 4 is 0 Å². The van der Waals surface area contributed by atoms with Crippen molar-refractivity contribution in [3.05, 3.63) is 0 Å². The summed E-state index contributed by atoms with van der Waals surface area (Å²) in [6.07, 6.45) is 2.62. The van der Waals surface area contributed by atoms with Gasteiger partial charge in [-0.1, -0.05) is 13.8 Å². The Hall–Kier alpha value is -0.0800. The third kappa shape index (κ3) is 3.28. The highest BCUT2D eigenvalue weighted by atomic mass is 15.2. The number of hydrogen-bond acceptors (Lipinski definition) is 2. The molecule has 0 aliphatic carbocycles. The first-order valence-corrected chi connectivity index (χ1v) is 5.57. The first-order chi connectivity index (χ1) is 6.13. The molecule has 0 aromatic heterocycles. The molecule has 0 amide bonds. The van der Waals surface area contributed by atoms with E-state index in [4.69, 9.17) is 5.73 Å². The Labute approximate surface area is 82.5 Å². The molecule has 0 radical (unpaired) electrons. The summed E-state index contributed by atoms with van der Waals surface area (Å²) >= 11 is 0. The second-order valence-electron chi connectivity index (χ2n) is 4.86. The van der Waals surface area contributed by atoms with E-state index in [-0.39, 0.29) is 0 Å². The molecule has 13 heavy (non-hydrogen) atoms. The Morgan fingerprint density at radius 3 is 2.54 bits per heavy atom. The highest BCUT2D eigenvalue weighted by Crippen LogP contribution is 2.20. The molecule has 1 rings (SSSR count). The molecule has 0 bridgehead atoms. The molecule has 2 atom stereocenters. The molecule has 1 saturated heterocycles. The normalized spacial score (nSPS) is 27.0. The Kier molecular flexibility index (Phi) is 4.20. The number of rotatable bonds is 4. The minimum atomic E-state index is 0.747. The van der Waals surface area contributed by atoms with Crippen LogP contribution in [0.5, 0.6) is 0 Å². The van der Waals surface area contributed by atoms with E-state index in [0.717, 1.165) is 24.4 Å². The van der Waals surface area contributed by atoms with Crippen molar-refractivity contribution < 1.29 is 0 Å². The standard InChI is InChI=1S/C11H24N2/c1-9(2)6-10(3)13-5-4-11(7-12)8-13/h9-11H,4-8,12H2,1-3H3. The number of nitrogens with zero attached hydrogens (tertiary/aromatic N) is 1. The van der Waals surface area contributed by atoms with Gasteiger partial charge in [0, 0.05) is 12.6 Å². The molecular formula is C11H24N2. The molecule has 1 fully saturated rings. The van der Waals surface area contributed by atoms with Crippen LogP contribution in [0.3, 0.4) is 0 Å². The number of likely N-dealkylation sites (tertiary alicyclic amines) is 1. The molecule has 1 aliphatic rings. The summed E-state index contributed by atoms with van der Waals surface area (Å²) in [4.78, 5) is 2.59. The second-order valence-corrected chi connectivity index (χ2v) is 4.86. The Bertz CT molecular complexity index is 145. The van der Waals surface area contributed by atoms with Gasteiger partial charge in [0.2, 0.25) is 0 Å². The Balaban J connectivity index is 2.28. The zero-order valence-corrected chi connectivity index (χ0v) is 9.29. The summed E-state index contributed by atoms with van der Waals surface area (Å²) in [7, 11) is 0. The SMILES string of the molecule is CC(C)CC(C)N1CCC(CN)C1. The summed E-state index contributed by atoms with van der Waals surface area (Å²) in [5.74, 6) is 1.57. The Morgan fingerprint density at radius 2 is 2.08 bits per heavy atom. The first kappa shape index (κ1) is 11.0. The third-order valence-electron chi connectivity index (χ3n) is 3.09. The quantitative estimate of drug-likeness (QED) is 0.720. The number of nitrogens with two attached hydrogens (primary N) is 1. The van der Waals surface area contributed by atoms with Gasteiger partial charge in [-0.2, -0.15) is 0 Å². The zero-order chi connectivity index (χ0) is 9.84. The van der Waals surface area contributed by atoms with Crippen LogP contribution in [0.4, 0.5) is 0 Å². The zero-order valence-electron chi connectivity index (χ0n) is 9.29. The van der Waals surface area contributed by atoms with Gasteiger partial charge in [-0.15, -0.1) is 0 Å². The molecule has 0 aromatic rings. The fraction of sp³-hybridized carbons (Fsp3) is 1.00. The molecule has 2 N–H and O–H groups in total. The number of hydrogen-bond donors (Lipinski definition) is 1. The lowest BCUT2D eigenvalue weighted by molar-refractivity contribution is 0.221. The van der Waals surface area contributed by atoms with Gasteiger partial charge in [0.05, 0.1) is 0 Å². The fourth-order valence-corrected chi connectivity index (χ4v) is 2.29. The molecule has 1 aliphatic heterocycles. The van der Waals surface area contributed by atoms with Crippen molar-refractivity contribution in [2.75, 3.05) is 19.6 Å². The van der Waals surface area contributed by atoms with E-state index in [2.05, 4.69) is 25.7 Å². The smallest absolute Gasteiger partial charge is 0.00694 e. The van der Waals surface area contributed by atoms with E-state index in [0.29, 0.717) is 0 Å². The van der Waals surface area contributed by atoms with Crippen molar-refractivity contribution in [3.8, 4) is 0 Å². The van der Waals surface area contributed by atoms with E-state index in [1.165, 1.54) is 25.9 Å². The minimum absolute atomic E-state index is 0.747. The topological polar surface area (TPSA) is 29.3 Å². The van der Waals surface area contributed by atoms with Gasteiger partial charge in [-0.3, -0.25) is 0 Å². The van der Waals surface area contributed by atoms with Gasteiger partial charge < -0.3 is 10.6 Å². The van der Waals surface area contributed by atoms with E-state index < -0.39 is 0 Å². The summed E-state index contributed by atoms with van der Waals surface area (Å²) in [6, 6.07) is 0.747. The predicted molar refractivity (Wildman–Crippen MR) is 57.7 cm³/mol. The summed E-state index contributed by atoms with van der Waals surface area (Å²) < 4.78 is 0. The van der Waals surface area contributed by atoms with Gasteiger partial charge in [-0.25, -0.2) is 0 Å². The van der Waals surface area contributed by atoms with Gasteiger partial charge >= 0.3 is 0 Å². The van der Waals surface area contributed by atoms with Crippen molar-refractivity contribution in [2.45, 2.75) is 39.7 Å². The van der Waals surface area contributed by atoms with Crippen molar-refractivity contribution in [1.29, 1.82) is 0 Å². The average molecular weight is 184 g/mol. The van der Waals surface area contributed by atoms with Crippen LogP contribution < -0.4 is 5.73 Å². The van der Waals surface area contributed by atoms with Crippen molar-refractivity contribution in [2.24, 2.45) is 17.6 Å². The lowest BCUT2D eigenvalue weighted by atomic mass is 10.0. The molecule has 2 heteroatoms. The lowest BCUT2D eigenvalue weighted by Crippen LogP contribution is -2.32. The molecule has 0 saturated carbocycles. The van der Waals surface area contributed by atoms with E-state index in [1.807, 2.05) is 0 Å². The van der Waals surface area contributed by atoms with Crippen LogP contribution in [0.25, 0.3) is 0 Å². The maximum atomic E-state index is 5.67. The van der Waals surface area contributed by atoms with E-state index >= 15 is 0 Å². The fourth-order valence-electron chi connectivity index (χ4n) is 2.29. The molecule has 1 heterocycles. The van der Waals surface area contributed by atoms with Gasteiger partial charge in [0.25, 0.3) is 0 Å². The van der Waals surface area contributed by atoms with Crippen LogP contribution in [0.15, 0.2) is 0 Å². The summed E-state index contributed by atoms with van der Waals surface area (Å²) in [6.45, 7) is 10.3. The average Bonchev–Trinajstić information content (AvgIpc) is 2.50. The van der Waals surface area contributed by atoms with Crippen LogP contribution in [0.2, 0.25) is 0 Å². The van der Waals surface area contributed by atoms with Crippen molar-refractivity contribution in [3.63, 3.8) is 0 Å². The summed E-state index contributed by atoms with van der Waals surface area (Å²) in [5.41, 5.74) is 5.67. The van der Waals surface area contributed by atoms with Crippen LogP contribution in [0, 0.1) is 11.8 Å². The highest BCUT2D eigenvalue weighted by molar-refractivity contribution is 4.80. The Morgan fingerprint density at radius 1 is 1.38 bits per heavy atom. The maximum absolute atomic E-state index is 5.67. The van der Waals surface area contributed by atoms with Crippen molar-refractivity contribution in [1.82, 2.24) is 4.90 Å². The van der Waals surface area contributed by atoms with Crippen LogP contribution >= 0.6 is 0 Å². The molecule has 2 nitrogen and oxygen atoms in total. The molecule has 0 spiro atoms.